The molecule has 19 nitrogen and oxygen atoms in total. The van der Waals surface area contributed by atoms with Crippen molar-refractivity contribution in [2.24, 2.45) is 0 Å². The first kappa shape index (κ1) is 81.0. The van der Waals surface area contributed by atoms with Crippen LogP contribution >= 0.6 is 0 Å². The van der Waals surface area contributed by atoms with Gasteiger partial charge in [-0.1, -0.05) is 303 Å². The molecule has 3 fully saturated rings. The summed E-state index contributed by atoms with van der Waals surface area (Å²) in [5, 5.41) is 0. The molecule has 3 heterocycles. The van der Waals surface area contributed by atoms with Crippen LogP contribution in [0.3, 0.4) is 0 Å². The molecular weight excluding hydrogens is 1440 g/mol. The molecule has 0 unspecified atom stereocenters. The first-order chi connectivity index (χ1) is 55.1. The van der Waals surface area contributed by atoms with Gasteiger partial charge in [0.2, 0.25) is 0 Å². The monoisotopic (exact) mass is 1540 g/mol. The van der Waals surface area contributed by atoms with E-state index in [4.69, 9.17) is 75.8 Å². The van der Waals surface area contributed by atoms with E-state index >= 15 is 0 Å². The van der Waals surface area contributed by atoms with E-state index in [2.05, 4.69) is 0 Å². The predicted molar refractivity (Wildman–Crippen MR) is 420 cm³/mol. The number of hydrogen-bond donors (Lipinski definition) is 0. The zero-order chi connectivity index (χ0) is 76.8. The minimum atomic E-state index is -3.72. The van der Waals surface area contributed by atoms with Crippen LogP contribution in [0.5, 0.6) is 0 Å². The number of benzene rings is 10. The lowest BCUT2D eigenvalue weighted by atomic mass is 9.96. The van der Waals surface area contributed by atoms with Crippen LogP contribution < -0.4 is 0 Å². The fourth-order valence-electron chi connectivity index (χ4n) is 13.8. The van der Waals surface area contributed by atoms with E-state index in [9.17, 15) is 13.2 Å². The molecule has 0 aliphatic carbocycles. The lowest BCUT2D eigenvalue weighted by molar-refractivity contribution is -0.362. The SMILES string of the molecule is CC(=O)OC[C@H]1O[C@H](OC[C@H]2O[C@H](OC[C@H]3O[C@H](OCCS(=O)(=O)Cc4ccccc4)[C@H](OCc4ccccc4)[C@@H](OCc4ccccc4)[C@@H]3OCc3ccccc3)[C@H](OCc3ccccc3)[C@@H](OCc3ccccc3)[C@@H]2OCc2ccccc2)[C@H](OCc2ccccc2)[C@@H](OCc2ccccc2)[C@@H]1OCc1ccccc1. The first-order valence-corrected chi connectivity index (χ1v) is 40.0. The van der Waals surface area contributed by atoms with Gasteiger partial charge in [0.05, 0.1) is 90.8 Å². The van der Waals surface area contributed by atoms with Crippen molar-refractivity contribution in [3.8, 4) is 0 Å². The fraction of sp³-hybridized carbons (Fsp3) is 0.337. The predicted octanol–water partition coefficient (Wildman–Crippen LogP) is 14.7. The highest BCUT2D eigenvalue weighted by Gasteiger charge is 2.55. The number of carbonyl (C=O) groups excluding carboxylic acids is 1. The summed E-state index contributed by atoms with van der Waals surface area (Å²) >= 11 is 0. The minimum Gasteiger partial charge on any atom is -0.463 e. The van der Waals surface area contributed by atoms with Gasteiger partial charge in [-0.25, -0.2) is 8.42 Å². The minimum absolute atomic E-state index is 0.0894. The Balaban J connectivity index is 0.890. The molecule has 0 aromatic heterocycles. The van der Waals surface area contributed by atoms with Crippen LogP contribution in [0.15, 0.2) is 303 Å². The van der Waals surface area contributed by atoms with E-state index in [-0.39, 0.29) is 97.4 Å². The molecule has 3 aliphatic heterocycles. The van der Waals surface area contributed by atoms with Crippen LogP contribution in [0, 0.1) is 0 Å². The maximum atomic E-state index is 14.0. The molecule has 10 aromatic rings. The smallest absolute Gasteiger partial charge is 0.302 e. The molecule has 3 saturated heterocycles. The third kappa shape index (κ3) is 24.5. The summed E-state index contributed by atoms with van der Waals surface area (Å²) in [6, 6.07) is 97.2. The highest BCUT2D eigenvalue weighted by molar-refractivity contribution is 7.90. The molecule has 586 valence electrons. The molecule has 10 aromatic carbocycles. The Morgan fingerprint density at radius 3 is 0.705 bits per heavy atom. The van der Waals surface area contributed by atoms with Crippen molar-refractivity contribution in [1.29, 1.82) is 0 Å². The average Bonchev–Trinajstić information content (AvgIpc) is 0.783. The topological polar surface area (TPSA) is 199 Å². The largest absolute Gasteiger partial charge is 0.463 e. The van der Waals surface area contributed by atoms with Gasteiger partial charge in [-0.05, 0) is 55.6 Å². The van der Waals surface area contributed by atoms with Crippen LogP contribution in [-0.4, -0.2) is 139 Å². The Morgan fingerprint density at radius 2 is 0.464 bits per heavy atom. The highest BCUT2D eigenvalue weighted by atomic mass is 32.2. The second-order valence-corrected chi connectivity index (χ2v) is 30.1. The van der Waals surface area contributed by atoms with E-state index in [0.29, 0.717) is 5.56 Å². The summed E-state index contributed by atoms with van der Waals surface area (Å²) < 4.78 is 141. The Morgan fingerprint density at radius 1 is 0.259 bits per heavy atom. The van der Waals surface area contributed by atoms with E-state index < -0.39 is 108 Å². The lowest BCUT2D eigenvalue weighted by Gasteiger charge is -2.49. The van der Waals surface area contributed by atoms with Gasteiger partial charge in [0.15, 0.2) is 28.7 Å². The van der Waals surface area contributed by atoms with Gasteiger partial charge < -0.3 is 75.8 Å². The number of carbonyl (C=O) groups is 1. The summed E-state index contributed by atoms with van der Waals surface area (Å²) in [6.07, 6.45) is -15.8. The van der Waals surface area contributed by atoms with Crippen LogP contribution in [0.25, 0.3) is 0 Å². The van der Waals surface area contributed by atoms with Gasteiger partial charge in [0.25, 0.3) is 0 Å². The van der Waals surface area contributed by atoms with Crippen molar-refractivity contribution in [3.05, 3.63) is 359 Å². The Hall–Kier alpha value is -8.98. The van der Waals surface area contributed by atoms with Crippen molar-refractivity contribution in [1.82, 2.24) is 0 Å². The second-order valence-electron chi connectivity index (χ2n) is 27.9. The van der Waals surface area contributed by atoms with Crippen LogP contribution in [-0.2, 0) is 156 Å². The zero-order valence-corrected chi connectivity index (χ0v) is 63.6. The standard InChI is InChI=1S/C92H98O19S/c1-67(93)97-63-78-81(98-54-68-32-12-2-13-33-68)85(102-58-72-40-20-6-21-41-72)88(105-61-75-46-26-9-27-47-75)91(110-78)108-65-80-83(100-56-70-36-16-4-17-37-70)86(103-59-73-42-22-7-23-43-73)89(106-62-76-48-28-10-29-49-76)92(111-80)107-64-79-82(99-55-69-34-14-3-15-35-69)84(101-57-71-38-18-5-19-39-71)87(104-60-74-44-24-8-25-45-74)90(109-79)96-52-53-112(94,95)66-77-50-30-11-31-51-77/h2-51,78-92H,52-66H2,1H3/t78-,79-,80-,81-,82-,83-,84+,85+,86+,87-,88-,89-,90+,91+,92+/m1/s1. The maximum Gasteiger partial charge on any atom is 0.302 e. The number of rotatable bonds is 41. The third-order valence-corrected chi connectivity index (χ3v) is 21.1. The Bertz CT molecular complexity index is 4400. The molecule has 20 heteroatoms. The summed E-state index contributed by atoms with van der Waals surface area (Å²) in [7, 11) is -3.72. The lowest BCUT2D eigenvalue weighted by Crippen LogP contribution is -2.65. The Kier molecular flexibility index (Phi) is 31.0. The summed E-state index contributed by atoms with van der Waals surface area (Å²) in [6.45, 7) is 1.41. The molecule has 0 saturated carbocycles. The van der Waals surface area contributed by atoms with Crippen molar-refractivity contribution in [3.63, 3.8) is 0 Å². The normalized spacial score (nSPS) is 23.9. The van der Waals surface area contributed by atoms with Crippen LogP contribution in [0.2, 0.25) is 0 Å². The molecule has 0 N–H and O–H groups in total. The van der Waals surface area contributed by atoms with Gasteiger partial charge in [-0.3, -0.25) is 4.79 Å². The second kappa shape index (κ2) is 42.8. The maximum absolute atomic E-state index is 14.0. The van der Waals surface area contributed by atoms with Crippen molar-refractivity contribution >= 4 is 15.8 Å². The average molecular weight is 1540 g/mol. The molecule has 0 spiro atoms. The van der Waals surface area contributed by atoms with Gasteiger partial charge >= 0.3 is 5.97 Å². The summed E-state index contributed by atoms with van der Waals surface area (Å²) in [4.78, 5) is 12.9. The molecule has 0 bridgehead atoms. The number of ether oxygens (including phenoxy) is 16. The Labute approximate surface area is 656 Å². The fourth-order valence-corrected chi connectivity index (χ4v) is 15.0. The zero-order valence-electron chi connectivity index (χ0n) is 62.8. The molecule has 0 amide bonds. The first-order valence-electron chi connectivity index (χ1n) is 38.2. The molecule has 3 aliphatic rings. The van der Waals surface area contributed by atoms with E-state index in [1.54, 1.807) is 12.1 Å². The third-order valence-electron chi connectivity index (χ3n) is 19.5. The number of hydrogen-bond acceptors (Lipinski definition) is 19. The van der Waals surface area contributed by atoms with Gasteiger partial charge in [0.1, 0.15) is 79.9 Å². The van der Waals surface area contributed by atoms with Gasteiger partial charge in [-0.2, -0.15) is 0 Å². The number of esters is 1. The van der Waals surface area contributed by atoms with Gasteiger partial charge in [0, 0.05) is 6.92 Å². The number of sulfone groups is 1. The van der Waals surface area contributed by atoms with E-state index in [1.807, 2.05) is 291 Å². The quantitative estimate of drug-likeness (QED) is 0.0327. The van der Waals surface area contributed by atoms with Gasteiger partial charge in [-0.15, -0.1) is 0 Å². The van der Waals surface area contributed by atoms with Crippen LogP contribution in [0.4, 0.5) is 0 Å². The van der Waals surface area contributed by atoms with Crippen LogP contribution in [0.1, 0.15) is 62.6 Å². The summed E-state index contributed by atoms with van der Waals surface area (Å²) in [5.74, 6) is -1.05. The molecular formula is C92H98O19S. The molecule has 15 atom stereocenters. The van der Waals surface area contributed by atoms with E-state index in [0.717, 1.165) is 50.1 Å². The van der Waals surface area contributed by atoms with E-state index in [1.165, 1.54) is 6.92 Å². The molecule has 13 rings (SSSR count). The summed E-state index contributed by atoms with van der Waals surface area (Å²) in [5.41, 5.74) is 8.54. The van der Waals surface area contributed by atoms with Crippen molar-refractivity contribution < 1.29 is 89.0 Å². The molecule has 0 radical (unpaired) electrons. The molecule has 112 heavy (non-hydrogen) atoms. The van der Waals surface area contributed by atoms with Crippen molar-refractivity contribution in [2.45, 2.75) is 164 Å². The van der Waals surface area contributed by atoms with Crippen molar-refractivity contribution in [2.75, 3.05) is 32.2 Å². The highest BCUT2D eigenvalue weighted by Crippen LogP contribution is 2.38.